The summed E-state index contributed by atoms with van der Waals surface area (Å²) in [5.74, 6) is -0.292. The summed E-state index contributed by atoms with van der Waals surface area (Å²) in [6.45, 7) is 0. The minimum absolute atomic E-state index is 0.292. The van der Waals surface area contributed by atoms with E-state index in [0.717, 1.165) is 5.56 Å². The van der Waals surface area contributed by atoms with Crippen LogP contribution in [0.4, 0.5) is 18.9 Å². The molecular weight excluding hydrogens is 321 g/mol. The third-order valence-corrected chi connectivity index (χ3v) is 2.81. The molecule has 0 radical (unpaired) electrons. The minimum atomic E-state index is -4.72. The van der Waals surface area contributed by atoms with E-state index in [1.54, 1.807) is 36.4 Å². The van der Waals surface area contributed by atoms with E-state index in [1.807, 2.05) is 0 Å². The monoisotopic (exact) mass is 330 g/mol. The van der Waals surface area contributed by atoms with Crippen molar-refractivity contribution >= 4 is 11.4 Å². The molecule has 0 heterocycles. The Hall–Kier alpha value is -3.52. The molecule has 0 aliphatic carbocycles. The third-order valence-electron chi connectivity index (χ3n) is 2.81. The van der Waals surface area contributed by atoms with Gasteiger partial charge >= 0.3 is 6.36 Å². The second-order valence-corrected chi connectivity index (χ2v) is 4.45. The molecular formula is C16H9F3N4O. The van der Waals surface area contributed by atoms with Crippen LogP contribution in [0.3, 0.4) is 0 Å². The molecule has 2 rings (SSSR count). The molecule has 0 saturated heterocycles. The highest BCUT2D eigenvalue weighted by Gasteiger charge is 2.30. The Labute approximate surface area is 135 Å². The smallest absolute Gasteiger partial charge is 0.406 e. The molecule has 0 aliphatic heterocycles. The highest BCUT2D eigenvalue weighted by Crippen LogP contribution is 2.27. The van der Waals surface area contributed by atoms with Gasteiger partial charge in [-0.3, -0.25) is 5.43 Å². The summed E-state index contributed by atoms with van der Waals surface area (Å²) >= 11 is 0. The maximum absolute atomic E-state index is 12.1. The average Bonchev–Trinajstić information content (AvgIpc) is 2.56. The van der Waals surface area contributed by atoms with Crippen molar-refractivity contribution in [3.63, 3.8) is 0 Å². The van der Waals surface area contributed by atoms with E-state index in [1.165, 1.54) is 24.3 Å². The number of hydrogen-bond acceptors (Lipinski definition) is 5. The fraction of sp³-hybridized carbons (Fsp3) is 0.0625. The van der Waals surface area contributed by atoms with E-state index >= 15 is 0 Å². The largest absolute Gasteiger partial charge is 0.573 e. The van der Waals surface area contributed by atoms with E-state index in [9.17, 15) is 13.2 Å². The zero-order valence-corrected chi connectivity index (χ0v) is 12.0. The van der Waals surface area contributed by atoms with Gasteiger partial charge in [-0.1, -0.05) is 24.3 Å². The standard InChI is InChI=1S/C16H9F3N4O/c17-16(18,19)24-15-7-3-12(4-8-15)11-1-5-13(6-2-11)22-23-14(9-20)10-21/h1-8,22H. The van der Waals surface area contributed by atoms with Crippen molar-refractivity contribution in [2.45, 2.75) is 6.36 Å². The number of anilines is 1. The lowest BCUT2D eigenvalue weighted by molar-refractivity contribution is -0.274. The van der Waals surface area contributed by atoms with E-state index in [4.69, 9.17) is 10.5 Å². The van der Waals surface area contributed by atoms with Gasteiger partial charge in [-0.05, 0) is 35.4 Å². The Morgan fingerprint density at radius 2 is 1.42 bits per heavy atom. The van der Waals surface area contributed by atoms with Crippen molar-refractivity contribution in [2.75, 3.05) is 5.43 Å². The average molecular weight is 330 g/mol. The van der Waals surface area contributed by atoms with Crippen LogP contribution in [0.5, 0.6) is 5.75 Å². The number of alkyl halides is 3. The van der Waals surface area contributed by atoms with Crippen molar-refractivity contribution in [3.05, 3.63) is 48.5 Å². The fourth-order valence-electron chi connectivity index (χ4n) is 1.78. The van der Waals surface area contributed by atoms with Gasteiger partial charge in [-0.25, -0.2) is 0 Å². The molecule has 0 saturated carbocycles. The van der Waals surface area contributed by atoms with Crippen molar-refractivity contribution in [2.24, 2.45) is 5.10 Å². The SMILES string of the molecule is N#CC(C#N)=NNc1ccc(-c2ccc(OC(F)(F)F)cc2)cc1. The molecule has 1 N–H and O–H groups in total. The van der Waals surface area contributed by atoms with Crippen LogP contribution < -0.4 is 10.2 Å². The summed E-state index contributed by atoms with van der Waals surface area (Å²) in [4.78, 5) is 0. The number of nitrogens with zero attached hydrogens (tertiary/aromatic N) is 3. The minimum Gasteiger partial charge on any atom is -0.406 e. The van der Waals surface area contributed by atoms with Crippen LogP contribution in [0.2, 0.25) is 0 Å². The number of hydrazone groups is 1. The Kier molecular flexibility index (Phi) is 5.03. The van der Waals surface area contributed by atoms with E-state index in [2.05, 4.69) is 15.3 Å². The molecule has 2 aromatic rings. The number of rotatable bonds is 4. The van der Waals surface area contributed by atoms with Gasteiger partial charge in [0.25, 0.3) is 0 Å². The van der Waals surface area contributed by atoms with E-state index < -0.39 is 6.36 Å². The predicted molar refractivity (Wildman–Crippen MR) is 80.8 cm³/mol. The Bertz CT molecular complexity index is 797. The number of halogens is 3. The second kappa shape index (κ2) is 7.16. The molecule has 0 atom stereocenters. The predicted octanol–water partition coefficient (Wildman–Crippen LogP) is 4.07. The first-order valence-electron chi connectivity index (χ1n) is 6.51. The maximum atomic E-state index is 12.1. The molecule has 0 aliphatic rings. The molecule has 5 nitrogen and oxygen atoms in total. The molecule has 24 heavy (non-hydrogen) atoms. The molecule has 0 spiro atoms. The summed E-state index contributed by atoms with van der Waals surface area (Å²) in [7, 11) is 0. The van der Waals surface area contributed by atoms with Gasteiger partial charge in [-0.15, -0.1) is 13.2 Å². The zero-order valence-electron chi connectivity index (χ0n) is 12.0. The Morgan fingerprint density at radius 1 is 0.917 bits per heavy atom. The number of ether oxygens (including phenoxy) is 1. The van der Waals surface area contributed by atoms with E-state index in [-0.39, 0.29) is 11.5 Å². The van der Waals surface area contributed by atoms with Gasteiger partial charge < -0.3 is 4.74 Å². The van der Waals surface area contributed by atoms with Crippen molar-refractivity contribution in [3.8, 4) is 29.0 Å². The van der Waals surface area contributed by atoms with Gasteiger partial charge in [0.2, 0.25) is 5.71 Å². The zero-order chi connectivity index (χ0) is 17.6. The number of nitrogens with one attached hydrogen (secondary N) is 1. The van der Waals surface area contributed by atoms with E-state index in [0.29, 0.717) is 11.3 Å². The van der Waals surface area contributed by atoms with Crippen molar-refractivity contribution < 1.29 is 17.9 Å². The van der Waals surface area contributed by atoms with Gasteiger partial charge in [0.1, 0.15) is 17.9 Å². The summed E-state index contributed by atoms with van der Waals surface area (Å²) in [6, 6.07) is 15.4. The molecule has 0 aromatic heterocycles. The molecule has 0 fully saturated rings. The molecule has 2 aromatic carbocycles. The molecule has 120 valence electrons. The van der Waals surface area contributed by atoms with Crippen LogP contribution in [0.25, 0.3) is 11.1 Å². The lowest BCUT2D eigenvalue weighted by atomic mass is 10.1. The van der Waals surface area contributed by atoms with Gasteiger partial charge in [0.05, 0.1) is 5.69 Å². The molecule has 8 heteroatoms. The summed E-state index contributed by atoms with van der Waals surface area (Å²) < 4.78 is 40.1. The number of hydrogen-bond donors (Lipinski definition) is 1. The number of benzene rings is 2. The van der Waals surface area contributed by atoms with Gasteiger partial charge in [0.15, 0.2) is 0 Å². The normalized spacial score (nSPS) is 10.2. The fourth-order valence-corrected chi connectivity index (χ4v) is 1.78. The first-order valence-corrected chi connectivity index (χ1v) is 6.51. The van der Waals surface area contributed by atoms with Crippen LogP contribution in [-0.4, -0.2) is 12.1 Å². The highest BCUT2D eigenvalue weighted by atomic mass is 19.4. The summed E-state index contributed by atoms with van der Waals surface area (Å²) in [6.07, 6.45) is -4.72. The van der Waals surface area contributed by atoms with Gasteiger partial charge in [0, 0.05) is 0 Å². The summed E-state index contributed by atoms with van der Waals surface area (Å²) in [5, 5.41) is 20.7. The Morgan fingerprint density at radius 3 is 1.88 bits per heavy atom. The van der Waals surface area contributed by atoms with Crippen LogP contribution >= 0.6 is 0 Å². The first kappa shape index (κ1) is 16.8. The quantitative estimate of drug-likeness (QED) is 0.677. The number of nitriles is 2. The first-order chi connectivity index (χ1) is 11.4. The molecule has 0 bridgehead atoms. The Balaban J connectivity index is 2.10. The second-order valence-electron chi connectivity index (χ2n) is 4.45. The van der Waals surface area contributed by atoms with Crippen molar-refractivity contribution in [1.29, 1.82) is 10.5 Å². The van der Waals surface area contributed by atoms with Crippen molar-refractivity contribution in [1.82, 2.24) is 0 Å². The maximum Gasteiger partial charge on any atom is 0.573 e. The van der Waals surface area contributed by atoms with Gasteiger partial charge in [-0.2, -0.15) is 15.6 Å². The molecule has 0 unspecified atom stereocenters. The van der Waals surface area contributed by atoms with Crippen LogP contribution in [-0.2, 0) is 0 Å². The van der Waals surface area contributed by atoms with Crippen LogP contribution in [0.1, 0.15) is 0 Å². The highest BCUT2D eigenvalue weighted by molar-refractivity contribution is 6.10. The van der Waals surface area contributed by atoms with Crippen LogP contribution in [0, 0.1) is 22.7 Å². The lowest BCUT2D eigenvalue weighted by Gasteiger charge is -2.09. The lowest BCUT2D eigenvalue weighted by Crippen LogP contribution is -2.16. The van der Waals surface area contributed by atoms with Crippen LogP contribution in [0.15, 0.2) is 53.6 Å². The molecule has 0 amide bonds. The topological polar surface area (TPSA) is 81.2 Å². The third kappa shape index (κ3) is 4.75. The summed E-state index contributed by atoms with van der Waals surface area (Å²) in [5.41, 5.74) is 4.28.